The van der Waals surface area contributed by atoms with Crippen LogP contribution in [0.1, 0.15) is 51.9 Å². The van der Waals surface area contributed by atoms with E-state index in [4.69, 9.17) is 0 Å². The molecule has 0 saturated carbocycles. The summed E-state index contributed by atoms with van der Waals surface area (Å²) >= 11 is 0. The Morgan fingerprint density at radius 3 is 2.72 bits per heavy atom. The number of carbonyl (C=O) groups excluding carboxylic acids is 2. The zero-order valence-electron chi connectivity index (χ0n) is 14.8. The van der Waals surface area contributed by atoms with Crippen LogP contribution in [0.4, 0.5) is 11.4 Å². The summed E-state index contributed by atoms with van der Waals surface area (Å²) in [6.07, 6.45) is 1.92. The molecule has 2 aliphatic heterocycles. The van der Waals surface area contributed by atoms with Gasteiger partial charge in [-0.2, -0.15) is 0 Å². The van der Waals surface area contributed by atoms with Gasteiger partial charge in [0.05, 0.1) is 11.6 Å². The number of anilines is 2. The van der Waals surface area contributed by atoms with E-state index in [0.717, 1.165) is 47.5 Å². The van der Waals surface area contributed by atoms with Crippen LogP contribution in [0.2, 0.25) is 0 Å². The first-order valence-corrected chi connectivity index (χ1v) is 8.82. The Morgan fingerprint density at radius 2 is 1.96 bits per heavy atom. The number of hydrogen-bond acceptors (Lipinski definition) is 2. The van der Waals surface area contributed by atoms with Crippen molar-refractivity contribution in [1.29, 1.82) is 0 Å². The van der Waals surface area contributed by atoms with Crippen molar-refractivity contribution in [3.05, 3.63) is 58.1 Å². The molecule has 2 aromatic rings. The summed E-state index contributed by atoms with van der Waals surface area (Å²) in [5.74, 6) is -0.0706. The topological polar surface area (TPSA) is 49.4 Å². The summed E-state index contributed by atoms with van der Waals surface area (Å²) in [6.45, 7) is 6.79. The average molecular weight is 334 g/mol. The molecule has 0 aliphatic carbocycles. The van der Waals surface area contributed by atoms with Crippen LogP contribution in [-0.2, 0) is 11.2 Å². The number of hydrogen-bond donors (Lipinski definition) is 1. The van der Waals surface area contributed by atoms with Gasteiger partial charge in [-0.25, -0.2) is 0 Å². The summed E-state index contributed by atoms with van der Waals surface area (Å²) in [6, 6.07) is 9.72. The van der Waals surface area contributed by atoms with Crippen LogP contribution in [0.3, 0.4) is 0 Å². The highest BCUT2D eigenvalue weighted by Crippen LogP contribution is 2.44. The van der Waals surface area contributed by atoms with Gasteiger partial charge in [-0.3, -0.25) is 9.59 Å². The summed E-state index contributed by atoms with van der Waals surface area (Å²) in [4.78, 5) is 27.0. The van der Waals surface area contributed by atoms with Crippen LogP contribution in [-0.4, -0.2) is 18.4 Å². The second-order valence-electron chi connectivity index (χ2n) is 7.14. The Balaban J connectivity index is 1.67. The maximum absolute atomic E-state index is 12.6. The minimum Gasteiger partial charge on any atom is -0.322 e. The Labute approximate surface area is 147 Å². The van der Waals surface area contributed by atoms with E-state index in [1.165, 1.54) is 5.56 Å². The lowest BCUT2D eigenvalue weighted by Gasteiger charge is -2.26. The van der Waals surface area contributed by atoms with Gasteiger partial charge in [-0.15, -0.1) is 0 Å². The zero-order valence-corrected chi connectivity index (χ0v) is 14.8. The molecule has 2 aliphatic rings. The molecule has 128 valence electrons. The van der Waals surface area contributed by atoms with E-state index in [9.17, 15) is 9.59 Å². The number of benzene rings is 2. The summed E-state index contributed by atoms with van der Waals surface area (Å²) in [5.41, 5.74) is 6.99. The van der Waals surface area contributed by atoms with Crippen molar-refractivity contribution in [3.8, 4) is 0 Å². The maximum Gasteiger partial charge on any atom is 0.255 e. The normalized spacial score (nSPS) is 18.3. The van der Waals surface area contributed by atoms with Crippen molar-refractivity contribution in [2.45, 2.75) is 39.5 Å². The van der Waals surface area contributed by atoms with E-state index in [1.807, 2.05) is 56.0 Å². The molecule has 1 N–H and O–H groups in total. The molecule has 0 spiro atoms. The van der Waals surface area contributed by atoms with Crippen LogP contribution in [0.15, 0.2) is 30.3 Å². The molecule has 0 aromatic heterocycles. The largest absolute Gasteiger partial charge is 0.322 e. The third-order valence-electron chi connectivity index (χ3n) is 5.45. The second-order valence-corrected chi connectivity index (χ2v) is 7.14. The SMILES string of the molecule is Cc1ccc(C(=O)Nc2cc3c4c(c2)C(C)C(=O)N4CCC3)cc1C. The molecule has 0 fully saturated rings. The van der Waals surface area contributed by atoms with Gasteiger partial charge in [-0.05, 0) is 80.1 Å². The summed E-state index contributed by atoms with van der Waals surface area (Å²) < 4.78 is 0. The molecule has 4 nitrogen and oxygen atoms in total. The molecule has 2 heterocycles. The first kappa shape index (κ1) is 15.9. The molecule has 1 unspecified atom stereocenters. The number of nitrogens with one attached hydrogen (secondary N) is 1. The van der Waals surface area contributed by atoms with E-state index < -0.39 is 0 Å². The van der Waals surface area contributed by atoms with Crippen LogP contribution >= 0.6 is 0 Å². The number of carbonyl (C=O) groups is 2. The number of aryl methyl sites for hydroxylation is 3. The number of nitrogens with zero attached hydrogens (tertiary/aromatic N) is 1. The van der Waals surface area contributed by atoms with Crippen LogP contribution in [0.5, 0.6) is 0 Å². The van der Waals surface area contributed by atoms with Crippen LogP contribution in [0, 0.1) is 13.8 Å². The fourth-order valence-corrected chi connectivity index (χ4v) is 3.85. The quantitative estimate of drug-likeness (QED) is 0.904. The standard InChI is InChI=1S/C21H22N2O2/c1-12-6-7-16(9-13(12)2)20(24)22-17-10-15-5-4-8-23-19(15)18(11-17)14(3)21(23)25/h6-7,9-11,14H,4-5,8H2,1-3H3,(H,22,24). The van der Waals surface area contributed by atoms with Crippen molar-refractivity contribution < 1.29 is 9.59 Å². The lowest BCUT2D eigenvalue weighted by Crippen LogP contribution is -2.32. The van der Waals surface area contributed by atoms with Gasteiger partial charge in [-0.1, -0.05) is 6.07 Å². The van der Waals surface area contributed by atoms with Gasteiger partial charge >= 0.3 is 0 Å². The third kappa shape index (κ3) is 2.53. The Bertz CT molecular complexity index is 901. The fraction of sp³-hybridized carbons (Fsp3) is 0.333. The van der Waals surface area contributed by atoms with Crippen LogP contribution in [0.25, 0.3) is 0 Å². The highest BCUT2D eigenvalue weighted by Gasteiger charge is 2.37. The molecule has 0 radical (unpaired) electrons. The van der Waals surface area contributed by atoms with Gasteiger partial charge in [0.2, 0.25) is 5.91 Å². The monoisotopic (exact) mass is 334 g/mol. The van der Waals surface area contributed by atoms with Gasteiger partial charge in [0.15, 0.2) is 0 Å². The van der Waals surface area contributed by atoms with E-state index in [1.54, 1.807) is 0 Å². The molecule has 0 saturated heterocycles. The molecule has 2 aromatic carbocycles. The molecule has 25 heavy (non-hydrogen) atoms. The lowest BCUT2D eigenvalue weighted by molar-refractivity contribution is -0.119. The molecule has 4 rings (SSSR count). The zero-order chi connectivity index (χ0) is 17.7. The number of amides is 2. The van der Waals surface area contributed by atoms with E-state index >= 15 is 0 Å². The van der Waals surface area contributed by atoms with Gasteiger partial charge in [0.25, 0.3) is 5.91 Å². The molecule has 1 atom stereocenters. The lowest BCUT2D eigenvalue weighted by atomic mass is 9.96. The molecular weight excluding hydrogens is 312 g/mol. The van der Waals surface area contributed by atoms with E-state index in [-0.39, 0.29) is 17.7 Å². The highest BCUT2D eigenvalue weighted by molar-refractivity contribution is 6.08. The molecule has 4 heteroatoms. The predicted octanol–water partition coefficient (Wildman–Crippen LogP) is 3.95. The van der Waals surface area contributed by atoms with Gasteiger partial charge in [0.1, 0.15) is 0 Å². The van der Waals surface area contributed by atoms with Crippen molar-refractivity contribution >= 4 is 23.2 Å². The Kier molecular flexibility index (Phi) is 3.64. The number of rotatable bonds is 2. The molecule has 0 bridgehead atoms. The smallest absolute Gasteiger partial charge is 0.255 e. The van der Waals surface area contributed by atoms with E-state index in [2.05, 4.69) is 5.32 Å². The first-order valence-electron chi connectivity index (χ1n) is 8.82. The van der Waals surface area contributed by atoms with Crippen molar-refractivity contribution in [2.24, 2.45) is 0 Å². The van der Waals surface area contributed by atoms with Crippen LogP contribution < -0.4 is 10.2 Å². The van der Waals surface area contributed by atoms with Crippen molar-refractivity contribution in [3.63, 3.8) is 0 Å². The second kappa shape index (κ2) is 5.73. The van der Waals surface area contributed by atoms with Gasteiger partial charge in [0, 0.05) is 17.8 Å². The Hall–Kier alpha value is -2.62. The maximum atomic E-state index is 12.6. The molecule has 2 amide bonds. The predicted molar refractivity (Wildman–Crippen MR) is 99.4 cm³/mol. The molecular formula is C21H22N2O2. The minimum absolute atomic E-state index is 0.111. The highest BCUT2D eigenvalue weighted by atomic mass is 16.2. The average Bonchev–Trinajstić information content (AvgIpc) is 2.84. The van der Waals surface area contributed by atoms with E-state index in [0.29, 0.717) is 5.56 Å². The van der Waals surface area contributed by atoms with Crippen molar-refractivity contribution in [1.82, 2.24) is 0 Å². The van der Waals surface area contributed by atoms with Gasteiger partial charge < -0.3 is 10.2 Å². The fourth-order valence-electron chi connectivity index (χ4n) is 3.85. The minimum atomic E-state index is -0.134. The van der Waals surface area contributed by atoms with Crippen molar-refractivity contribution in [2.75, 3.05) is 16.8 Å². The first-order chi connectivity index (χ1) is 12.0. The summed E-state index contributed by atoms with van der Waals surface area (Å²) in [7, 11) is 0. The Morgan fingerprint density at radius 1 is 1.16 bits per heavy atom. The third-order valence-corrected chi connectivity index (χ3v) is 5.45. The summed E-state index contributed by atoms with van der Waals surface area (Å²) in [5, 5.41) is 3.01.